The summed E-state index contributed by atoms with van der Waals surface area (Å²) in [6.45, 7) is 6.46. The first-order chi connectivity index (χ1) is 38.5. The van der Waals surface area contributed by atoms with E-state index in [1.807, 2.05) is 6.08 Å². The van der Waals surface area contributed by atoms with Gasteiger partial charge in [-0.3, -0.25) is 14.4 Å². The van der Waals surface area contributed by atoms with Gasteiger partial charge in [0.05, 0.1) is 6.42 Å². The Kier molecular flexibility index (Phi) is 63.2. The van der Waals surface area contributed by atoms with E-state index in [0.717, 1.165) is 77.0 Å². The van der Waals surface area contributed by atoms with Crippen LogP contribution in [0.4, 0.5) is 0 Å². The van der Waals surface area contributed by atoms with E-state index in [1.54, 1.807) is 6.08 Å². The number of allylic oxidation sites excluding steroid dienone is 13. The Morgan fingerprint density at radius 3 is 0.846 bits per heavy atom. The molecule has 0 saturated heterocycles. The van der Waals surface area contributed by atoms with Crippen molar-refractivity contribution in [2.75, 3.05) is 13.2 Å². The smallest absolute Gasteiger partial charge is 0.310 e. The summed E-state index contributed by atoms with van der Waals surface area (Å²) in [5.74, 6) is -1.03. The first-order valence-corrected chi connectivity index (χ1v) is 33.6. The molecule has 0 rings (SSSR count). The zero-order chi connectivity index (χ0) is 56.4. The second-order valence-electron chi connectivity index (χ2n) is 22.4. The molecule has 0 aliphatic heterocycles. The second-order valence-corrected chi connectivity index (χ2v) is 22.4. The Bertz CT molecular complexity index is 1480. The molecule has 1 atom stereocenters. The molecule has 6 heteroatoms. The van der Waals surface area contributed by atoms with Crippen molar-refractivity contribution >= 4 is 17.9 Å². The van der Waals surface area contributed by atoms with Gasteiger partial charge in [-0.15, -0.1) is 0 Å². The lowest BCUT2D eigenvalue weighted by Gasteiger charge is -2.18. The van der Waals surface area contributed by atoms with E-state index in [4.69, 9.17) is 14.2 Å². The average Bonchev–Trinajstić information content (AvgIpc) is 3.44. The third-order valence-corrected chi connectivity index (χ3v) is 14.7. The number of hydrogen-bond acceptors (Lipinski definition) is 6. The fraction of sp³-hybridized carbons (Fsp3) is 0.764. The highest BCUT2D eigenvalue weighted by Crippen LogP contribution is 2.17. The normalized spacial score (nSPS) is 12.6. The topological polar surface area (TPSA) is 78.9 Å². The highest BCUT2D eigenvalue weighted by molar-refractivity contribution is 5.72. The maximum atomic E-state index is 12.8. The van der Waals surface area contributed by atoms with Crippen LogP contribution in [0.3, 0.4) is 0 Å². The van der Waals surface area contributed by atoms with Crippen LogP contribution in [0.5, 0.6) is 0 Å². The van der Waals surface area contributed by atoms with Gasteiger partial charge in [-0.1, -0.05) is 324 Å². The summed E-state index contributed by atoms with van der Waals surface area (Å²) in [7, 11) is 0. The Morgan fingerprint density at radius 1 is 0.282 bits per heavy atom. The molecule has 78 heavy (non-hydrogen) atoms. The molecule has 0 aromatic carbocycles. The monoisotopic (exact) mass is 1090 g/mol. The molecule has 0 aromatic rings. The van der Waals surface area contributed by atoms with E-state index >= 15 is 0 Å². The van der Waals surface area contributed by atoms with Gasteiger partial charge in [0.1, 0.15) is 13.2 Å². The molecule has 0 fully saturated rings. The number of ether oxygens (including phenoxy) is 3. The van der Waals surface area contributed by atoms with E-state index in [0.29, 0.717) is 12.8 Å². The number of carbonyl (C=O) groups excluding carboxylic acids is 3. The Balaban J connectivity index is 4.15. The molecule has 0 saturated carbocycles. The van der Waals surface area contributed by atoms with Crippen LogP contribution in [-0.4, -0.2) is 37.2 Å². The molecule has 0 N–H and O–H groups in total. The molecule has 450 valence electrons. The van der Waals surface area contributed by atoms with Crippen LogP contribution < -0.4 is 0 Å². The summed E-state index contributed by atoms with van der Waals surface area (Å²) in [6.07, 6.45) is 88.0. The van der Waals surface area contributed by atoms with E-state index in [1.165, 1.54) is 218 Å². The standard InChI is InChI=1S/C72H126O6/c1-4-7-10-13-16-19-22-25-27-28-29-30-31-32-33-34-35-36-37-38-39-40-41-42-43-44-46-47-50-53-56-59-62-65-71(74)77-68-69(67-76-70(73)64-61-58-55-52-49-24-21-18-15-12-9-6-3)78-72(75)66-63-60-57-54-51-48-45-26-23-20-17-14-11-8-5-2/h8,11,17,20,22,25-26,28-29,45,51,54,60,63,69H,4-7,9-10,12-16,18-19,21,23-24,27,30-44,46-50,52-53,55-59,61-62,64-68H2,1-3H3/b11-8-,20-17-,25-22-,29-28-,45-26-,54-51-,63-60-. The number of carbonyl (C=O) groups is 3. The van der Waals surface area contributed by atoms with Crippen molar-refractivity contribution in [3.05, 3.63) is 85.1 Å². The Labute approximate surface area is 484 Å². The predicted molar refractivity (Wildman–Crippen MR) is 339 cm³/mol. The zero-order valence-electron chi connectivity index (χ0n) is 51.7. The predicted octanol–water partition coefficient (Wildman–Crippen LogP) is 23.1. The molecule has 0 bridgehead atoms. The summed E-state index contributed by atoms with van der Waals surface area (Å²) in [6, 6.07) is 0. The largest absolute Gasteiger partial charge is 0.462 e. The van der Waals surface area contributed by atoms with Crippen molar-refractivity contribution in [1.29, 1.82) is 0 Å². The minimum Gasteiger partial charge on any atom is -0.462 e. The first kappa shape index (κ1) is 74.6. The van der Waals surface area contributed by atoms with Crippen molar-refractivity contribution in [2.24, 2.45) is 0 Å². The van der Waals surface area contributed by atoms with Gasteiger partial charge in [-0.2, -0.15) is 0 Å². The molecule has 0 aliphatic carbocycles. The fourth-order valence-electron chi connectivity index (χ4n) is 9.67. The van der Waals surface area contributed by atoms with E-state index < -0.39 is 12.1 Å². The summed E-state index contributed by atoms with van der Waals surface area (Å²) in [5, 5.41) is 0. The molecule has 0 heterocycles. The van der Waals surface area contributed by atoms with Crippen LogP contribution in [0.2, 0.25) is 0 Å². The lowest BCUT2D eigenvalue weighted by molar-refractivity contribution is -0.166. The van der Waals surface area contributed by atoms with Crippen molar-refractivity contribution in [3.63, 3.8) is 0 Å². The van der Waals surface area contributed by atoms with Crippen LogP contribution in [0.15, 0.2) is 85.1 Å². The van der Waals surface area contributed by atoms with Gasteiger partial charge in [0.2, 0.25) is 0 Å². The Morgan fingerprint density at radius 2 is 0.538 bits per heavy atom. The van der Waals surface area contributed by atoms with E-state index in [9.17, 15) is 14.4 Å². The first-order valence-electron chi connectivity index (χ1n) is 33.6. The summed E-state index contributed by atoms with van der Waals surface area (Å²) in [5.41, 5.74) is 0. The molecule has 0 aromatic heterocycles. The lowest BCUT2D eigenvalue weighted by Crippen LogP contribution is -2.30. The maximum absolute atomic E-state index is 12.8. The molecule has 0 spiro atoms. The minimum absolute atomic E-state index is 0.0998. The molecule has 0 radical (unpaired) electrons. The van der Waals surface area contributed by atoms with Gasteiger partial charge in [-0.25, -0.2) is 0 Å². The maximum Gasteiger partial charge on any atom is 0.310 e. The van der Waals surface area contributed by atoms with Gasteiger partial charge >= 0.3 is 17.9 Å². The molecule has 1 unspecified atom stereocenters. The van der Waals surface area contributed by atoms with Crippen molar-refractivity contribution in [2.45, 2.75) is 341 Å². The van der Waals surface area contributed by atoms with Crippen molar-refractivity contribution < 1.29 is 28.6 Å². The minimum atomic E-state index is -0.828. The third kappa shape index (κ3) is 63.4. The summed E-state index contributed by atoms with van der Waals surface area (Å²) in [4.78, 5) is 38.2. The molecule has 0 aliphatic rings. The Hall–Kier alpha value is -3.41. The second kappa shape index (κ2) is 66.1. The average molecular weight is 1090 g/mol. The van der Waals surface area contributed by atoms with Crippen LogP contribution in [0.1, 0.15) is 335 Å². The quantitative estimate of drug-likeness (QED) is 0.0261. The van der Waals surface area contributed by atoms with E-state index in [-0.39, 0.29) is 31.6 Å². The van der Waals surface area contributed by atoms with E-state index in [2.05, 4.69) is 93.7 Å². The SMILES string of the molecule is CC/C=C\C/C=C\C/C=C\C/C=C\C/C=C\CC(=O)OC(COC(=O)CCCCCCCCCCCCCC)COC(=O)CCCCCCCCCCCCCCCCCCCCCCC/C=C\C/C=C\CCCCCCC. The van der Waals surface area contributed by atoms with Gasteiger partial charge in [0.25, 0.3) is 0 Å². The van der Waals surface area contributed by atoms with Crippen molar-refractivity contribution in [1.82, 2.24) is 0 Å². The summed E-state index contributed by atoms with van der Waals surface area (Å²) < 4.78 is 16.8. The van der Waals surface area contributed by atoms with Crippen molar-refractivity contribution in [3.8, 4) is 0 Å². The number of hydrogen-bond donors (Lipinski definition) is 0. The number of unbranched alkanes of at least 4 members (excludes halogenated alkanes) is 37. The van der Waals surface area contributed by atoms with Crippen LogP contribution in [0, 0.1) is 0 Å². The van der Waals surface area contributed by atoms with Crippen LogP contribution >= 0.6 is 0 Å². The van der Waals surface area contributed by atoms with Crippen LogP contribution in [0.25, 0.3) is 0 Å². The van der Waals surface area contributed by atoms with Crippen LogP contribution in [-0.2, 0) is 28.6 Å². The fourth-order valence-corrected chi connectivity index (χ4v) is 9.67. The summed E-state index contributed by atoms with van der Waals surface area (Å²) >= 11 is 0. The number of rotatable bonds is 61. The third-order valence-electron chi connectivity index (χ3n) is 14.7. The van der Waals surface area contributed by atoms with Gasteiger partial charge in [0, 0.05) is 12.8 Å². The highest BCUT2D eigenvalue weighted by atomic mass is 16.6. The highest BCUT2D eigenvalue weighted by Gasteiger charge is 2.19. The van der Waals surface area contributed by atoms with Gasteiger partial charge in [0.15, 0.2) is 6.10 Å². The molecular formula is C72H126O6. The van der Waals surface area contributed by atoms with Gasteiger partial charge < -0.3 is 14.2 Å². The molecule has 6 nitrogen and oxygen atoms in total. The van der Waals surface area contributed by atoms with Gasteiger partial charge in [-0.05, 0) is 77.0 Å². The zero-order valence-corrected chi connectivity index (χ0v) is 51.7. The number of esters is 3. The lowest BCUT2D eigenvalue weighted by atomic mass is 10.0. The molecule has 0 amide bonds. The molecular weight excluding hydrogens is 961 g/mol.